The van der Waals surface area contributed by atoms with Gasteiger partial charge in [0.2, 0.25) is 5.91 Å². The van der Waals surface area contributed by atoms with Gasteiger partial charge in [-0.2, -0.15) is 0 Å². The highest BCUT2D eigenvalue weighted by Gasteiger charge is 2.34. The van der Waals surface area contributed by atoms with Crippen molar-refractivity contribution in [3.8, 4) is 17.0 Å². The minimum Gasteiger partial charge on any atom is -0.486 e. The van der Waals surface area contributed by atoms with Crippen LogP contribution in [-0.2, 0) is 4.79 Å². The molecule has 0 unspecified atom stereocenters. The van der Waals surface area contributed by atoms with E-state index in [1.54, 1.807) is 17.0 Å². The molecule has 1 saturated heterocycles. The van der Waals surface area contributed by atoms with E-state index in [2.05, 4.69) is 10.3 Å². The largest absolute Gasteiger partial charge is 0.486 e. The van der Waals surface area contributed by atoms with Crippen LogP contribution < -0.4 is 10.1 Å². The molecule has 1 aliphatic rings. The van der Waals surface area contributed by atoms with Crippen LogP contribution in [0.4, 0.5) is 9.52 Å². The topological polar surface area (TPSA) is 112 Å². The number of aromatic carboxylic acids is 1. The van der Waals surface area contributed by atoms with Gasteiger partial charge in [-0.15, -0.1) is 11.3 Å². The Kier molecular flexibility index (Phi) is 6.68. The molecule has 2 atom stereocenters. The lowest BCUT2D eigenvalue weighted by atomic mass is 10.1. The summed E-state index contributed by atoms with van der Waals surface area (Å²) >= 11 is 1.33. The Labute approximate surface area is 193 Å². The molecule has 1 aromatic heterocycles. The molecule has 0 saturated carbocycles. The molecule has 2 heterocycles. The minimum atomic E-state index is -1.03. The first-order valence-corrected chi connectivity index (χ1v) is 11.0. The van der Waals surface area contributed by atoms with Crippen molar-refractivity contribution in [3.63, 3.8) is 0 Å². The number of amides is 1. The van der Waals surface area contributed by atoms with Crippen molar-refractivity contribution in [2.75, 3.05) is 25.0 Å². The van der Waals surface area contributed by atoms with Gasteiger partial charge in [0.25, 0.3) is 0 Å². The molecule has 33 heavy (non-hydrogen) atoms. The summed E-state index contributed by atoms with van der Waals surface area (Å²) in [4.78, 5) is 30.6. The van der Waals surface area contributed by atoms with E-state index in [0.29, 0.717) is 23.1 Å². The summed E-state index contributed by atoms with van der Waals surface area (Å²) in [5.41, 5.74) is 1.60. The lowest BCUT2D eigenvalue weighted by Crippen LogP contribution is -2.33. The summed E-state index contributed by atoms with van der Waals surface area (Å²) in [6.45, 7) is 2.54. The predicted molar refractivity (Wildman–Crippen MR) is 121 cm³/mol. The number of thiazole rings is 1. The zero-order valence-corrected chi connectivity index (χ0v) is 18.5. The van der Waals surface area contributed by atoms with Crippen molar-refractivity contribution in [1.82, 2.24) is 9.88 Å². The first-order valence-electron chi connectivity index (χ1n) is 10.2. The maximum Gasteiger partial charge on any atom is 0.335 e. The standard InChI is InChI=1S/C23H22FN3O5S/c1-13-21(14-2-6-16(24)7-3-14)26-23(33-13)25-20(29)12-27-10-18(28)19(11-27)32-17-8-4-15(5-9-17)22(30)31/h2-9,18-19,28H,10-12H2,1H3,(H,30,31)(H,25,26,29)/t18-,19-/m1/s1. The number of carbonyl (C=O) groups is 2. The van der Waals surface area contributed by atoms with Crippen molar-refractivity contribution >= 4 is 28.3 Å². The third kappa shape index (κ3) is 5.54. The first-order chi connectivity index (χ1) is 15.8. The van der Waals surface area contributed by atoms with Crippen molar-refractivity contribution in [2.45, 2.75) is 19.1 Å². The molecule has 172 valence electrons. The Morgan fingerprint density at radius 2 is 1.88 bits per heavy atom. The second-order valence-electron chi connectivity index (χ2n) is 7.73. The van der Waals surface area contributed by atoms with Crippen LogP contribution in [0.3, 0.4) is 0 Å². The number of hydrogen-bond donors (Lipinski definition) is 3. The van der Waals surface area contributed by atoms with Crippen molar-refractivity contribution in [3.05, 3.63) is 64.8 Å². The number of aliphatic hydroxyl groups excluding tert-OH is 1. The number of aryl methyl sites for hydroxylation is 1. The molecule has 0 aliphatic carbocycles. The van der Waals surface area contributed by atoms with E-state index >= 15 is 0 Å². The number of ether oxygens (including phenoxy) is 1. The van der Waals surface area contributed by atoms with Crippen LogP contribution in [0, 0.1) is 12.7 Å². The molecule has 1 fully saturated rings. The van der Waals surface area contributed by atoms with E-state index in [0.717, 1.165) is 10.4 Å². The van der Waals surface area contributed by atoms with Gasteiger partial charge in [-0.25, -0.2) is 14.2 Å². The summed E-state index contributed by atoms with van der Waals surface area (Å²) in [5, 5.41) is 22.5. The molecule has 1 aliphatic heterocycles. The Bertz CT molecular complexity index is 1150. The van der Waals surface area contributed by atoms with Gasteiger partial charge in [0.05, 0.1) is 17.8 Å². The van der Waals surface area contributed by atoms with Gasteiger partial charge in [-0.3, -0.25) is 9.69 Å². The molecule has 0 spiro atoms. The quantitative estimate of drug-likeness (QED) is 0.486. The van der Waals surface area contributed by atoms with E-state index in [4.69, 9.17) is 9.84 Å². The number of carboxylic acids is 1. The average Bonchev–Trinajstić information content (AvgIpc) is 3.30. The summed E-state index contributed by atoms with van der Waals surface area (Å²) in [6, 6.07) is 12.0. The summed E-state index contributed by atoms with van der Waals surface area (Å²) in [7, 11) is 0. The van der Waals surface area contributed by atoms with E-state index in [-0.39, 0.29) is 30.4 Å². The lowest BCUT2D eigenvalue weighted by Gasteiger charge is -2.17. The Hall–Kier alpha value is -3.34. The highest BCUT2D eigenvalue weighted by Crippen LogP contribution is 2.30. The number of nitrogens with one attached hydrogen (secondary N) is 1. The molecular weight excluding hydrogens is 449 g/mol. The SMILES string of the molecule is Cc1sc(NC(=O)CN2C[C@@H](O)[C@H](Oc3ccc(C(=O)O)cc3)C2)nc1-c1ccc(F)cc1. The number of aliphatic hydroxyl groups is 1. The predicted octanol–water partition coefficient (Wildman–Crippen LogP) is 3.02. The van der Waals surface area contributed by atoms with Crippen LogP contribution in [0.2, 0.25) is 0 Å². The van der Waals surface area contributed by atoms with Crippen LogP contribution in [0.15, 0.2) is 48.5 Å². The summed E-state index contributed by atoms with van der Waals surface area (Å²) in [6.07, 6.45) is -1.33. The number of anilines is 1. The van der Waals surface area contributed by atoms with Crippen LogP contribution in [0.25, 0.3) is 11.3 Å². The van der Waals surface area contributed by atoms with Gasteiger partial charge in [0.1, 0.15) is 23.8 Å². The molecular formula is C23H22FN3O5S. The molecule has 3 N–H and O–H groups in total. The van der Waals surface area contributed by atoms with E-state index < -0.39 is 18.2 Å². The highest BCUT2D eigenvalue weighted by atomic mass is 32.1. The molecule has 10 heteroatoms. The number of aromatic nitrogens is 1. The maximum absolute atomic E-state index is 13.2. The second-order valence-corrected chi connectivity index (χ2v) is 8.93. The highest BCUT2D eigenvalue weighted by molar-refractivity contribution is 7.16. The number of carboxylic acid groups (broad SMARTS) is 1. The minimum absolute atomic E-state index is 0.0549. The second kappa shape index (κ2) is 9.65. The van der Waals surface area contributed by atoms with Crippen LogP contribution >= 0.6 is 11.3 Å². The molecule has 2 aromatic carbocycles. The fourth-order valence-corrected chi connectivity index (χ4v) is 4.47. The molecule has 0 radical (unpaired) electrons. The number of nitrogens with zero attached hydrogens (tertiary/aromatic N) is 2. The van der Waals surface area contributed by atoms with Crippen molar-refractivity contribution in [2.24, 2.45) is 0 Å². The normalized spacial score (nSPS) is 18.3. The number of hydrogen-bond acceptors (Lipinski definition) is 7. The maximum atomic E-state index is 13.2. The number of halogens is 1. The van der Waals surface area contributed by atoms with Crippen LogP contribution in [0.5, 0.6) is 5.75 Å². The number of likely N-dealkylation sites (tertiary alicyclic amines) is 1. The lowest BCUT2D eigenvalue weighted by molar-refractivity contribution is -0.117. The molecule has 4 rings (SSSR count). The van der Waals surface area contributed by atoms with E-state index in [1.807, 2.05) is 6.92 Å². The van der Waals surface area contributed by atoms with Gasteiger partial charge in [-0.05, 0) is 55.5 Å². The average molecular weight is 472 g/mol. The van der Waals surface area contributed by atoms with Crippen molar-refractivity contribution in [1.29, 1.82) is 0 Å². The smallest absolute Gasteiger partial charge is 0.335 e. The third-order valence-corrected chi connectivity index (χ3v) is 6.12. The van der Waals surface area contributed by atoms with Gasteiger partial charge >= 0.3 is 5.97 Å². The first kappa shape index (κ1) is 22.8. The van der Waals surface area contributed by atoms with Crippen LogP contribution in [0.1, 0.15) is 15.2 Å². The van der Waals surface area contributed by atoms with Crippen molar-refractivity contribution < 1.29 is 28.9 Å². The zero-order chi connectivity index (χ0) is 23.5. The molecule has 1 amide bonds. The fourth-order valence-electron chi connectivity index (χ4n) is 3.62. The number of benzene rings is 2. The van der Waals surface area contributed by atoms with Gasteiger partial charge < -0.3 is 20.3 Å². The Morgan fingerprint density at radius 1 is 1.18 bits per heavy atom. The zero-order valence-electron chi connectivity index (χ0n) is 17.7. The van der Waals surface area contributed by atoms with E-state index in [1.165, 1.54) is 47.7 Å². The summed E-state index contributed by atoms with van der Waals surface area (Å²) < 4.78 is 18.9. The monoisotopic (exact) mass is 471 g/mol. The number of β-amino-alcohol motifs (C(OH)–C–C–N with tert-alkyl or cyclic N) is 1. The van der Waals surface area contributed by atoms with Gasteiger partial charge in [0.15, 0.2) is 5.13 Å². The Morgan fingerprint density at radius 3 is 2.55 bits per heavy atom. The Balaban J connectivity index is 1.32. The summed E-state index contributed by atoms with van der Waals surface area (Å²) in [5.74, 6) is -1.18. The molecule has 0 bridgehead atoms. The number of carbonyl (C=O) groups excluding carboxylic acids is 1. The van der Waals surface area contributed by atoms with E-state index in [9.17, 15) is 19.1 Å². The number of rotatable bonds is 7. The molecule has 8 nitrogen and oxygen atoms in total. The van der Waals surface area contributed by atoms with Gasteiger partial charge in [-0.1, -0.05) is 0 Å². The van der Waals surface area contributed by atoms with Gasteiger partial charge in [0, 0.05) is 23.5 Å². The fraction of sp³-hybridized carbons (Fsp3) is 0.261. The molecule has 3 aromatic rings. The van der Waals surface area contributed by atoms with Crippen LogP contribution in [-0.4, -0.2) is 63.8 Å². The third-order valence-electron chi connectivity index (χ3n) is 5.23.